The van der Waals surface area contributed by atoms with Crippen LogP contribution in [-0.2, 0) is 10.8 Å². The van der Waals surface area contributed by atoms with Gasteiger partial charge in [0.1, 0.15) is 0 Å². The van der Waals surface area contributed by atoms with Gasteiger partial charge >= 0.3 is 0 Å². The first-order valence-corrected chi connectivity index (χ1v) is 30.1. The van der Waals surface area contributed by atoms with Crippen LogP contribution in [0, 0.1) is 0 Å². The number of hydrogen-bond acceptors (Lipinski definition) is 2. The van der Waals surface area contributed by atoms with E-state index in [1.54, 1.807) is 0 Å². The lowest BCUT2D eigenvalue weighted by atomic mass is 9.87. The number of nitrogens with zero attached hydrogens (tertiary/aromatic N) is 4. The summed E-state index contributed by atoms with van der Waals surface area (Å²) < 4.78 is 5.16. The Morgan fingerprint density at radius 1 is 0.310 bits per heavy atom. The van der Waals surface area contributed by atoms with Crippen LogP contribution in [-0.4, -0.2) is 8.80 Å². The van der Waals surface area contributed by atoms with E-state index in [0.29, 0.717) is 11.8 Å². The summed E-state index contributed by atoms with van der Waals surface area (Å²) in [6, 6.07) is 87.6. The zero-order valence-electron chi connectivity index (χ0n) is 49.9. The summed E-state index contributed by atoms with van der Waals surface area (Å²) in [5.74, 6) is 0.687. The Kier molecular flexibility index (Phi) is 11.7. The first-order chi connectivity index (χ1) is 40.6. The Morgan fingerprint density at radius 2 is 0.679 bits per heavy atom. The van der Waals surface area contributed by atoms with Crippen LogP contribution in [0.1, 0.15) is 103 Å². The monoisotopic (exact) mass is 1090 g/mol. The lowest BCUT2D eigenvalue weighted by molar-refractivity contribution is 0.590. The first kappa shape index (κ1) is 51.5. The summed E-state index contributed by atoms with van der Waals surface area (Å²) >= 11 is 0. The molecule has 0 N–H and O–H groups in total. The van der Waals surface area contributed by atoms with Gasteiger partial charge in [0.2, 0.25) is 0 Å². The highest BCUT2D eigenvalue weighted by Gasteiger charge is 2.30. The van der Waals surface area contributed by atoms with Crippen LogP contribution in [0.3, 0.4) is 0 Å². The van der Waals surface area contributed by atoms with Crippen molar-refractivity contribution in [2.45, 2.75) is 91.9 Å². The van der Waals surface area contributed by atoms with Crippen LogP contribution >= 0.6 is 0 Å². The maximum absolute atomic E-state index is 2.58. The molecule has 4 aromatic heterocycles. The van der Waals surface area contributed by atoms with Gasteiger partial charge < -0.3 is 18.6 Å². The van der Waals surface area contributed by atoms with E-state index in [1.165, 1.54) is 132 Å². The van der Waals surface area contributed by atoms with Gasteiger partial charge in [0.25, 0.3) is 0 Å². The highest BCUT2D eigenvalue weighted by Crippen LogP contribution is 2.53. The normalized spacial score (nSPS) is 12.6. The first-order valence-electron chi connectivity index (χ1n) is 30.1. The zero-order valence-corrected chi connectivity index (χ0v) is 49.9. The fourth-order valence-electron chi connectivity index (χ4n) is 13.8. The van der Waals surface area contributed by atoms with Gasteiger partial charge in [0, 0.05) is 65.6 Å². The van der Waals surface area contributed by atoms with Crippen LogP contribution in [0.2, 0.25) is 0 Å². The molecule has 0 atom stereocenters. The standard InChI is InChI=1S/C80H70N4/c1-49(2)53-29-39-59(51-21-13-11-14-22-51)71(45-53)81(57-35-31-55(32-36-57)79(5,6)7)69-43-41-61-65-47-74-66(48-73(65)83-67-27-19-17-25-63(67)75(69)77(61)83)62-42-44-70(76-64-26-18-20-28-68(64)84(74)78(62)76)82(58-37-33-56(34-38-58)80(8,9)10)72-46-54(50(3)4)30-40-60(72)52-23-15-12-16-24-52/h11-50H,1-10H3. The van der Waals surface area contributed by atoms with Crippen LogP contribution in [0.25, 0.3) is 98.4 Å². The topological polar surface area (TPSA) is 15.3 Å². The highest BCUT2D eigenvalue weighted by atomic mass is 15.2. The van der Waals surface area contributed by atoms with Gasteiger partial charge in [-0.15, -0.1) is 0 Å². The lowest BCUT2D eigenvalue weighted by Crippen LogP contribution is -2.14. The minimum absolute atomic E-state index is 0.0105. The van der Waals surface area contributed by atoms with Crippen LogP contribution in [0.4, 0.5) is 34.1 Å². The summed E-state index contributed by atoms with van der Waals surface area (Å²) in [4.78, 5) is 5.11. The molecular weight excluding hydrogens is 1020 g/mol. The molecule has 4 heteroatoms. The number of hydrogen-bond donors (Lipinski definition) is 0. The van der Waals surface area contributed by atoms with Crippen molar-refractivity contribution in [1.82, 2.24) is 8.80 Å². The van der Waals surface area contributed by atoms with Crippen LogP contribution in [0.5, 0.6) is 0 Å². The number of benzene rings is 11. The molecule has 4 nitrogen and oxygen atoms in total. The molecule has 0 saturated carbocycles. The van der Waals surface area contributed by atoms with Crippen molar-refractivity contribution < 1.29 is 0 Å². The van der Waals surface area contributed by atoms with Gasteiger partial charge in [-0.1, -0.05) is 227 Å². The summed E-state index contributed by atoms with van der Waals surface area (Å²) in [7, 11) is 0. The predicted molar refractivity (Wildman–Crippen MR) is 362 cm³/mol. The number of anilines is 6. The Morgan fingerprint density at radius 3 is 1.05 bits per heavy atom. The number of aromatic nitrogens is 2. The molecule has 0 spiro atoms. The van der Waals surface area contributed by atoms with E-state index in [4.69, 9.17) is 0 Å². The van der Waals surface area contributed by atoms with Gasteiger partial charge in [-0.05, 0) is 129 Å². The van der Waals surface area contributed by atoms with E-state index in [0.717, 1.165) is 22.7 Å². The molecule has 15 aromatic rings. The van der Waals surface area contributed by atoms with E-state index in [9.17, 15) is 0 Å². The Balaban J connectivity index is 1.01. The molecule has 0 saturated heterocycles. The van der Waals surface area contributed by atoms with Crippen molar-refractivity contribution in [1.29, 1.82) is 0 Å². The molecule has 0 amide bonds. The van der Waals surface area contributed by atoms with Crippen LogP contribution in [0.15, 0.2) is 231 Å². The lowest BCUT2D eigenvalue weighted by Gasteiger charge is -2.30. The van der Waals surface area contributed by atoms with Gasteiger partial charge in [0.15, 0.2) is 0 Å². The van der Waals surface area contributed by atoms with Gasteiger partial charge in [-0.25, -0.2) is 0 Å². The molecule has 15 rings (SSSR count). The third kappa shape index (κ3) is 7.94. The molecule has 0 radical (unpaired) electrons. The van der Waals surface area contributed by atoms with Crippen molar-refractivity contribution in [3.05, 3.63) is 253 Å². The highest BCUT2D eigenvalue weighted by molar-refractivity contribution is 6.32. The van der Waals surface area contributed by atoms with Gasteiger partial charge in [-0.3, -0.25) is 0 Å². The summed E-state index contributed by atoms with van der Waals surface area (Å²) in [5, 5.41) is 9.97. The molecule has 84 heavy (non-hydrogen) atoms. The number of rotatable bonds is 10. The fourth-order valence-corrected chi connectivity index (χ4v) is 13.8. The minimum atomic E-state index is 0.0105. The van der Waals surface area contributed by atoms with E-state index in [-0.39, 0.29) is 10.8 Å². The Hall–Kier alpha value is -9.38. The molecule has 0 bridgehead atoms. The summed E-state index contributed by atoms with van der Waals surface area (Å²) in [5.41, 5.74) is 24.3. The maximum atomic E-state index is 2.58. The molecular formula is C80H70N4. The molecule has 4 heterocycles. The average molecular weight is 1090 g/mol. The fraction of sp³-hybridized carbons (Fsp3) is 0.175. The van der Waals surface area contributed by atoms with Gasteiger partial charge in [0.05, 0.1) is 55.8 Å². The second-order valence-electron chi connectivity index (χ2n) is 26.2. The minimum Gasteiger partial charge on any atom is -0.309 e. The van der Waals surface area contributed by atoms with E-state index in [1.807, 2.05) is 0 Å². The van der Waals surface area contributed by atoms with Crippen molar-refractivity contribution in [2.24, 2.45) is 0 Å². The molecule has 0 fully saturated rings. The molecule has 11 aromatic carbocycles. The second kappa shape index (κ2) is 19.1. The maximum Gasteiger partial charge on any atom is 0.0641 e. The second-order valence-corrected chi connectivity index (χ2v) is 26.2. The summed E-state index contributed by atoms with van der Waals surface area (Å²) in [6.45, 7) is 23.0. The zero-order chi connectivity index (χ0) is 57.5. The Bertz CT molecular complexity index is 4690. The average Bonchev–Trinajstić information content (AvgIpc) is 1.74. The van der Waals surface area contributed by atoms with Crippen molar-refractivity contribution in [3.8, 4) is 22.3 Å². The van der Waals surface area contributed by atoms with Crippen molar-refractivity contribution in [2.75, 3.05) is 9.80 Å². The molecule has 0 unspecified atom stereocenters. The molecule has 410 valence electrons. The van der Waals surface area contributed by atoms with E-state index in [2.05, 4.69) is 318 Å². The largest absolute Gasteiger partial charge is 0.309 e. The third-order valence-corrected chi connectivity index (χ3v) is 18.3. The van der Waals surface area contributed by atoms with Crippen LogP contribution < -0.4 is 9.80 Å². The molecule has 0 aliphatic rings. The predicted octanol–water partition coefficient (Wildman–Crippen LogP) is 23.1. The Labute approximate surface area is 493 Å². The molecule has 0 aliphatic heterocycles. The van der Waals surface area contributed by atoms with E-state index >= 15 is 0 Å². The number of fused-ring (bicyclic) bond motifs is 12. The van der Waals surface area contributed by atoms with Gasteiger partial charge in [-0.2, -0.15) is 0 Å². The smallest absolute Gasteiger partial charge is 0.0641 e. The van der Waals surface area contributed by atoms with Crippen molar-refractivity contribution in [3.63, 3.8) is 0 Å². The third-order valence-electron chi connectivity index (χ3n) is 18.3. The SMILES string of the molecule is CC(C)c1ccc(-c2ccccc2)c(N(c2ccc(C(C)(C)C)cc2)c2ccc3c4cc5c(cc4n4c6ccccc6c2c34)c2ccc(N(c3ccc(C(C)(C)C)cc3)c3cc(C(C)C)ccc3-c3ccccc3)c3c4ccccc4n5c23)c1. The molecule has 0 aliphatic carbocycles. The quantitative estimate of drug-likeness (QED) is 0.136. The summed E-state index contributed by atoms with van der Waals surface area (Å²) in [6.07, 6.45) is 0. The van der Waals surface area contributed by atoms with Crippen molar-refractivity contribution >= 4 is 110 Å². The number of para-hydroxylation sites is 2. The van der Waals surface area contributed by atoms with E-state index < -0.39 is 0 Å².